The van der Waals surface area contributed by atoms with Crippen LogP contribution in [0.4, 0.5) is 0 Å². The van der Waals surface area contributed by atoms with Crippen LogP contribution in [0.2, 0.25) is 0 Å². The van der Waals surface area contributed by atoms with Gasteiger partial charge in [0.2, 0.25) is 5.89 Å². The molecule has 1 aromatic heterocycles. The highest BCUT2D eigenvalue weighted by Gasteiger charge is 2.11. The van der Waals surface area contributed by atoms with Crippen LogP contribution >= 0.6 is 0 Å². The predicted molar refractivity (Wildman–Crippen MR) is 61.1 cm³/mol. The first-order valence-electron chi connectivity index (χ1n) is 5.13. The molecular formula is C12H14N2O2. The number of aromatic nitrogens is 1. The number of hydrogen-bond acceptors (Lipinski definition) is 4. The molecule has 0 aliphatic heterocycles. The Morgan fingerprint density at radius 2 is 2.25 bits per heavy atom. The minimum Gasteiger partial charge on any atom is -0.508 e. The lowest BCUT2D eigenvalue weighted by molar-refractivity contribution is 0.455. The van der Waals surface area contributed by atoms with Crippen LogP contribution in [0, 0.1) is 0 Å². The summed E-state index contributed by atoms with van der Waals surface area (Å²) in [5, 5.41) is 12.4. The maximum Gasteiger partial charge on any atom is 0.226 e. The van der Waals surface area contributed by atoms with Gasteiger partial charge in [-0.1, -0.05) is 6.07 Å². The molecule has 0 aliphatic carbocycles. The van der Waals surface area contributed by atoms with Gasteiger partial charge in [-0.15, -0.1) is 0 Å². The zero-order valence-electron chi connectivity index (χ0n) is 9.27. The van der Waals surface area contributed by atoms with E-state index in [4.69, 9.17) is 4.42 Å². The zero-order valence-corrected chi connectivity index (χ0v) is 9.27. The fourth-order valence-electron chi connectivity index (χ4n) is 1.40. The van der Waals surface area contributed by atoms with Gasteiger partial charge in [-0.3, -0.25) is 0 Å². The maximum atomic E-state index is 9.35. The Bertz CT molecular complexity index is 479. The van der Waals surface area contributed by atoms with E-state index in [2.05, 4.69) is 10.3 Å². The number of phenols is 1. The molecule has 84 valence electrons. The molecule has 4 nitrogen and oxygen atoms in total. The van der Waals surface area contributed by atoms with Crippen molar-refractivity contribution in [3.63, 3.8) is 0 Å². The van der Waals surface area contributed by atoms with E-state index in [1.165, 1.54) is 0 Å². The molecule has 1 atom stereocenters. The predicted octanol–water partition coefficient (Wildman–Crippen LogP) is 2.33. The van der Waals surface area contributed by atoms with Crippen molar-refractivity contribution in [1.82, 2.24) is 10.3 Å². The van der Waals surface area contributed by atoms with Gasteiger partial charge >= 0.3 is 0 Å². The highest BCUT2D eigenvalue weighted by Crippen LogP contribution is 2.24. The van der Waals surface area contributed by atoms with Crippen molar-refractivity contribution in [2.75, 3.05) is 7.05 Å². The Morgan fingerprint density at radius 1 is 1.44 bits per heavy atom. The molecule has 4 heteroatoms. The highest BCUT2D eigenvalue weighted by molar-refractivity contribution is 5.55. The van der Waals surface area contributed by atoms with Gasteiger partial charge in [0.15, 0.2) is 0 Å². The molecule has 0 aliphatic rings. The summed E-state index contributed by atoms with van der Waals surface area (Å²) in [6.45, 7) is 1.99. The summed E-state index contributed by atoms with van der Waals surface area (Å²) in [6.07, 6.45) is 1.69. The minimum absolute atomic E-state index is 0.124. The average molecular weight is 218 g/mol. The summed E-state index contributed by atoms with van der Waals surface area (Å²) in [7, 11) is 1.86. The Kier molecular flexibility index (Phi) is 2.92. The van der Waals surface area contributed by atoms with E-state index in [1.54, 1.807) is 24.4 Å². The van der Waals surface area contributed by atoms with Gasteiger partial charge in [-0.2, -0.15) is 0 Å². The Balaban J connectivity index is 2.31. The summed E-state index contributed by atoms with van der Waals surface area (Å²) in [4.78, 5) is 4.18. The molecule has 0 spiro atoms. The first kappa shape index (κ1) is 10.7. The fourth-order valence-corrected chi connectivity index (χ4v) is 1.40. The minimum atomic E-state index is 0.124. The zero-order chi connectivity index (χ0) is 11.5. The average Bonchev–Trinajstić information content (AvgIpc) is 2.77. The second-order valence-corrected chi connectivity index (χ2v) is 3.63. The number of benzene rings is 1. The van der Waals surface area contributed by atoms with Gasteiger partial charge in [0.1, 0.15) is 11.5 Å². The normalized spacial score (nSPS) is 12.6. The molecule has 2 rings (SSSR count). The van der Waals surface area contributed by atoms with Crippen LogP contribution in [-0.4, -0.2) is 17.1 Å². The number of rotatable bonds is 3. The SMILES string of the molecule is CNC(C)c1cnc(-c2cccc(O)c2)o1. The standard InChI is InChI=1S/C12H14N2O2/c1-8(13-2)11-7-14-12(16-11)9-4-3-5-10(15)6-9/h3-8,13,15H,1-2H3. The molecule has 0 amide bonds. The van der Waals surface area contributed by atoms with Crippen LogP contribution in [-0.2, 0) is 0 Å². The molecular weight excluding hydrogens is 204 g/mol. The van der Waals surface area contributed by atoms with Crippen molar-refractivity contribution >= 4 is 0 Å². The number of oxazole rings is 1. The van der Waals surface area contributed by atoms with E-state index in [-0.39, 0.29) is 11.8 Å². The number of phenolic OH excluding ortho intramolecular Hbond substituents is 1. The smallest absolute Gasteiger partial charge is 0.226 e. The van der Waals surface area contributed by atoms with E-state index in [0.29, 0.717) is 5.89 Å². The van der Waals surface area contributed by atoms with Crippen molar-refractivity contribution in [1.29, 1.82) is 0 Å². The van der Waals surface area contributed by atoms with Crippen LogP contribution in [0.25, 0.3) is 11.5 Å². The second-order valence-electron chi connectivity index (χ2n) is 3.63. The monoisotopic (exact) mass is 218 g/mol. The van der Waals surface area contributed by atoms with Crippen molar-refractivity contribution < 1.29 is 9.52 Å². The van der Waals surface area contributed by atoms with Gasteiger partial charge in [0, 0.05) is 5.56 Å². The van der Waals surface area contributed by atoms with Crippen LogP contribution < -0.4 is 5.32 Å². The molecule has 0 saturated heterocycles. The molecule has 0 fully saturated rings. The Morgan fingerprint density at radius 3 is 2.94 bits per heavy atom. The third kappa shape index (κ3) is 2.06. The first-order chi connectivity index (χ1) is 7.70. The third-order valence-corrected chi connectivity index (χ3v) is 2.48. The lowest BCUT2D eigenvalue weighted by Gasteiger charge is -2.04. The van der Waals surface area contributed by atoms with E-state index < -0.39 is 0 Å². The van der Waals surface area contributed by atoms with E-state index in [0.717, 1.165) is 11.3 Å². The number of nitrogens with one attached hydrogen (secondary N) is 1. The van der Waals surface area contributed by atoms with Gasteiger partial charge in [-0.05, 0) is 32.2 Å². The van der Waals surface area contributed by atoms with Crippen molar-refractivity contribution in [2.24, 2.45) is 0 Å². The third-order valence-electron chi connectivity index (χ3n) is 2.48. The molecule has 0 bridgehead atoms. The molecule has 1 aromatic carbocycles. The highest BCUT2D eigenvalue weighted by atomic mass is 16.4. The van der Waals surface area contributed by atoms with Crippen LogP contribution in [0.5, 0.6) is 5.75 Å². The van der Waals surface area contributed by atoms with Gasteiger partial charge in [0.05, 0.1) is 12.2 Å². The number of aromatic hydroxyl groups is 1. The van der Waals surface area contributed by atoms with Gasteiger partial charge < -0.3 is 14.8 Å². The van der Waals surface area contributed by atoms with Crippen LogP contribution in [0.15, 0.2) is 34.9 Å². The fraction of sp³-hybridized carbons (Fsp3) is 0.250. The maximum absolute atomic E-state index is 9.35. The molecule has 0 radical (unpaired) electrons. The Labute approximate surface area is 93.9 Å². The lowest BCUT2D eigenvalue weighted by atomic mass is 10.2. The van der Waals surface area contributed by atoms with Crippen LogP contribution in [0.3, 0.4) is 0 Å². The summed E-state index contributed by atoms with van der Waals surface area (Å²) in [5.41, 5.74) is 0.773. The second kappa shape index (κ2) is 4.37. The van der Waals surface area contributed by atoms with Gasteiger partial charge in [0.25, 0.3) is 0 Å². The quantitative estimate of drug-likeness (QED) is 0.830. The summed E-state index contributed by atoms with van der Waals surface area (Å²) in [6, 6.07) is 6.97. The van der Waals surface area contributed by atoms with Crippen molar-refractivity contribution in [3.05, 3.63) is 36.2 Å². The number of hydrogen-bond donors (Lipinski definition) is 2. The molecule has 1 heterocycles. The number of nitrogens with zero attached hydrogens (tertiary/aromatic N) is 1. The molecule has 0 saturated carbocycles. The van der Waals surface area contributed by atoms with Crippen LogP contribution in [0.1, 0.15) is 18.7 Å². The molecule has 1 unspecified atom stereocenters. The molecule has 2 N–H and O–H groups in total. The largest absolute Gasteiger partial charge is 0.508 e. The van der Waals surface area contributed by atoms with E-state index in [9.17, 15) is 5.11 Å². The molecule has 16 heavy (non-hydrogen) atoms. The summed E-state index contributed by atoms with van der Waals surface area (Å²) in [5.74, 6) is 1.51. The van der Waals surface area contributed by atoms with Gasteiger partial charge in [-0.25, -0.2) is 4.98 Å². The molecule has 2 aromatic rings. The first-order valence-corrected chi connectivity index (χ1v) is 5.13. The lowest BCUT2D eigenvalue weighted by Crippen LogP contribution is -2.11. The Hall–Kier alpha value is -1.81. The van der Waals surface area contributed by atoms with E-state index >= 15 is 0 Å². The topological polar surface area (TPSA) is 58.3 Å². The van der Waals surface area contributed by atoms with Crippen molar-refractivity contribution in [2.45, 2.75) is 13.0 Å². The van der Waals surface area contributed by atoms with E-state index in [1.807, 2.05) is 20.0 Å². The van der Waals surface area contributed by atoms with Crippen molar-refractivity contribution in [3.8, 4) is 17.2 Å². The summed E-state index contributed by atoms with van der Waals surface area (Å²) < 4.78 is 5.59. The summed E-state index contributed by atoms with van der Waals surface area (Å²) >= 11 is 0.